The molecule has 0 bridgehead atoms. The van der Waals surface area contributed by atoms with E-state index in [-0.39, 0.29) is 24.2 Å². The highest BCUT2D eigenvalue weighted by molar-refractivity contribution is 14.2. The van der Waals surface area contributed by atoms with Crippen LogP contribution in [-0.4, -0.2) is 28.9 Å². The number of nitrogens with one attached hydrogen (secondary N) is 1. The van der Waals surface area contributed by atoms with Gasteiger partial charge < -0.3 is 14.8 Å². The third-order valence-corrected chi connectivity index (χ3v) is 5.95. The van der Waals surface area contributed by atoms with Crippen molar-refractivity contribution in [2.75, 3.05) is 7.11 Å². The Labute approximate surface area is 189 Å². The van der Waals surface area contributed by atoms with E-state index >= 15 is 0 Å². The van der Waals surface area contributed by atoms with Crippen LogP contribution < -0.4 is 14.8 Å². The van der Waals surface area contributed by atoms with Crippen molar-refractivity contribution in [3.05, 3.63) is 65.6 Å². The summed E-state index contributed by atoms with van der Waals surface area (Å²) in [5, 5.41) is 6.91. The van der Waals surface area contributed by atoms with Gasteiger partial charge in [-0.15, -0.1) is 13.2 Å². The average Bonchev–Trinajstić information content (AvgIpc) is 3.14. The molecule has 1 aromatic heterocycles. The van der Waals surface area contributed by atoms with Crippen LogP contribution in [0.5, 0.6) is 11.5 Å². The average molecular weight is 567 g/mol. The lowest BCUT2D eigenvalue weighted by atomic mass is 10.1. The van der Waals surface area contributed by atoms with Gasteiger partial charge in [0.1, 0.15) is 5.75 Å². The van der Waals surface area contributed by atoms with Gasteiger partial charge in [0, 0.05) is 5.56 Å². The second-order valence-electron chi connectivity index (χ2n) is 6.06. The molecular weight excluding hydrogens is 552 g/mol. The van der Waals surface area contributed by atoms with Gasteiger partial charge in [-0.1, -0.05) is 18.2 Å². The molecule has 31 heavy (non-hydrogen) atoms. The summed E-state index contributed by atoms with van der Waals surface area (Å²) < 4.78 is 62.5. The standard InChI is InChI=1S/C19H15F4IN3O3P/c1-29-17-12(6-4-7-14(17)20)15-9-11(26-27(15)31-24)10-25-18(28)13-5-2-3-8-16(13)30-19(21,22)23/h2-9,31H,10H2,1H3,(H,25,28). The number of ether oxygens (including phenoxy) is 2. The lowest BCUT2D eigenvalue weighted by molar-refractivity contribution is -0.274. The first-order valence-corrected chi connectivity index (χ1v) is 12.7. The van der Waals surface area contributed by atoms with Crippen molar-refractivity contribution in [2.45, 2.75) is 12.9 Å². The zero-order chi connectivity index (χ0) is 22.6. The van der Waals surface area contributed by atoms with E-state index in [0.717, 1.165) is 6.07 Å². The minimum atomic E-state index is -4.92. The van der Waals surface area contributed by atoms with Crippen LogP contribution in [-0.2, 0) is 6.54 Å². The first kappa shape index (κ1) is 23.3. The number of alkyl halides is 3. The van der Waals surface area contributed by atoms with Gasteiger partial charge in [0.05, 0.1) is 37.0 Å². The summed E-state index contributed by atoms with van der Waals surface area (Å²) in [6.45, 7) is -0.0576. The normalized spacial score (nSPS) is 11.7. The number of carbonyl (C=O) groups excluding carboxylic acids is 1. The molecule has 0 aliphatic heterocycles. The highest BCUT2D eigenvalue weighted by Gasteiger charge is 2.32. The first-order valence-electron chi connectivity index (χ1n) is 8.65. The second kappa shape index (κ2) is 9.82. The molecule has 0 saturated carbocycles. The largest absolute Gasteiger partial charge is 0.573 e. The fourth-order valence-corrected chi connectivity index (χ4v) is 4.37. The smallest absolute Gasteiger partial charge is 0.493 e. The third kappa shape index (κ3) is 5.65. The Morgan fingerprint density at radius 1 is 1.23 bits per heavy atom. The molecule has 12 heteroatoms. The van der Waals surface area contributed by atoms with E-state index in [4.69, 9.17) is 4.74 Å². The van der Waals surface area contributed by atoms with Gasteiger partial charge in [0.15, 0.2) is 11.6 Å². The molecule has 1 heterocycles. The van der Waals surface area contributed by atoms with Crippen molar-refractivity contribution in [3.8, 4) is 22.8 Å². The highest BCUT2D eigenvalue weighted by atomic mass is 127. The Hall–Kier alpha value is -2.40. The molecule has 1 unspecified atom stereocenters. The highest BCUT2D eigenvalue weighted by Crippen LogP contribution is 2.37. The summed E-state index contributed by atoms with van der Waals surface area (Å²) >= 11 is 2.10. The van der Waals surface area contributed by atoms with E-state index < -0.39 is 23.8 Å². The monoisotopic (exact) mass is 567 g/mol. The lowest BCUT2D eigenvalue weighted by Gasteiger charge is -2.12. The Bertz CT molecular complexity index is 1090. The van der Waals surface area contributed by atoms with Crippen LogP contribution in [0, 0.1) is 5.82 Å². The molecule has 3 aromatic rings. The van der Waals surface area contributed by atoms with Gasteiger partial charge in [-0.3, -0.25) is 4.79 Å². The number of benzene rings is 2. The zero-order valence-electron chi connectivity index (χ0n) is 15.8. The van der Waals surface area contributed by atoms with Gasteiger partial charge in [0.2, 0.25) is 0 Å². The summed E-state index contributed by atoms with van der Waals surface area (Å²) in [4.78, 5) is 12.4. The molecule has 1 N–H and O–H groups in total. The van der Waals surface area contributed by atoms with Gasteiger partial charge in [-0.25, -0.2) is 8.84 Å². The number of amides is 1. The van der Waals surface area contributed by atoms with Crippen LogP contribution >= 0.6 is 28.4 Å². The molecule has 0 radical (unpaired) electrons. The Kier molecular flexibility index (Phi) is 7.37. The molecule has 0 spiro atoms. The molecule has 1 atom stereocenters. The molecule has 0 fully saturated rings. The van der Waals surface area contributed by atoms with Gasteiger partial charge in [0.25, 0.3) is 5.91 Å². The molecule has 0 aliphatic carbocycles. The summed E-state index contributed by atoms with van der Waals surface area (Å²) in [5.41, 5.74) is 1.24. The van der Waals surface area contributed by atoms with Crippen molar-refractivity contribution in [1.29, 1.82) is 0 Å². The van der Waals surface area contributed by atoms with Crippen LogP contribution in [0.3, 0.4) is 0 Å². The molecule has 0 saturated heterocycles. The summed E-state index contributed by atoms with van der Waals surface area (Å²) in [6, 6.07) is 11.2. The summed E-state index contributed by atoms with van der Waals surface area (Å²) in [7, 11) is 1.36. The number of nitrogens with zero attached hydrogens (tertiary/aromatic N) is 2. The fraction of sp³-hybridized carbons (Fsp3) is 0.158. The molecule has 6 nitrogen and oxygen atoms in total. The Morgan fingerprint density at radius 3 is 2.65 bits per heavy atom. The number of carbonyl (C=O) groups is 1. The molecule has 3 rings (SSSR count). The predicted molar refractivity (Wildman–Crippen MR) is 116 cm³/mol. The van der Waals surface area contributed by atoms with E-state index in [9.17, 15) is 22.4 Å². The minimum Gasteiger partial charge on any atom is -0.493 e. The first-order chi connectivity index (χ1) is 14.7. The number of hydrogen-bond acceptors (Lipinski definition) is 4. The van der Waals surface area contributed by atoms with Crippen LogP contribution in [0.25, 0.3) is 11.3 Å². The fourth-order valence-electron chi connectivity index (χ4n) is 2.82. The molecule has 2 aromatic carbocycles. The number of aromatic nitrogens is 2. The van der Waals surface area contributed by atoms with Crippen molar-refractivity contribution >= 4 is 34.3 Å². The Balaban J connectivity index is 1.82. The maximum Gasteiger partial charge on any atom is 0.573 e. The maximum atomic E-state index is 14.1. The lowest BCUT2D eigenvalue weighted by Crippen LogP contribution is -2.25. The second-order valence-corrected chi connectivity index (χ2v) is 8.10. The summed E-state index contributed by atoms with van der Waals surface area (Å²) in [5.74, 6) is -1.82. The quantitative estimate of drug-likeness (QED) is 0.239. The zero-order valence-corrected chi connectivity index (χ0v) is 19.0. The van der Waals surface area contributed by atoms with Gasteiger partial charge in [-0.05, 0) is 52.4 Å². The van der Waals surface area contributed by atoms with E-state index in [1.807, 2.05) is 0 Å². The van der Waals surface area contributed by atoms with E-state index in [1.165, 1.54) is 31.4 Å². The molecular formula is C19H15F4IN3O3P. The number of rotatable bonds is 7. The van der Waals surface area contributed by atoms with Crippen molar-refractivity contribution in [3.63, 3.8) is 0 Å². The number of halogens is 5. The van der Waals surface area contributed by atoms with Crippen LogP contribution in [0.4, 0.5) is 17.6 Å². The summed E-state index contributed by atoms with van der Waals surface area (Å²) in [6.07, 6.45) is -4.75. The van der Waals surface area contributed by atoms with Gasteiger partial charge in [-0.2, -0.15) is 5.10 Å². The van der Waals surface area contributed by atoms with Crippen molar-refractivity contribution < 1.29 is 31.8 Å². The number of methoxy groups -OCH3 is 1. The van der Waals surface area contributed by atoms with Crippen LogP contribution in [0.1, 0.15) is 16.1 Å². The van der Waals surface area contributed by atoms with E-state index in [1.54, 1.807) is 22.7 Å². The minimum absolute atomic E-state index is 0.0576. The van der Waals surface area contributed by atoms with Crippen molar-refractivity contribution in [2.24, 2.45) is 0 Å². The molecule has 164 valence electrons. The number of hydrogen-bond donors (Lipinski definition) is 1. The SMILES string of the molecule is COc1c(F)cccc1-c1cc(CNC(=O)c2ccccc2OC(F)(F)F)nn1PI. The van der Waals surface area contributed by atoms with E-state index in [0.29, 0.717) is 17.0 Å². The van der Waals surface area contributed by atoms with Crippen molar-refractivity contribution in [1.82, 2.24) is 14.9 Å². The molecule has 1 amide bonds. The van der Waals surface area contributed by atoms with Crippen LogP contribution in [0.15, 0.2) is 48.5 Å². The van der Waals surface area contributed by atoms with E-state index in [2.05, 4.69) is 37.2 Å². The van der Waals surface area contributed by atoms with Gasteiger partial charge >= 0.3 is 6.36 Å². The maximum absolute atomic E-state index is 14.1. The number of para-hydroxylation sites is 2. The Morgan fingerprint density at radius 2 is 1.97 bits per heavy atom. The topological polar surface area (TPSA) is 65.4 Å². The van der Waals surface area contributed by atoms with Crippen LogP contribution in [0.2, 0.25) is 0 Å². The third-order valence-electron chi connectivity index (χ3n) is 4.07. The predicted octanol–water partition coefficient (Wildman–Crippen LogP) is 5.32. The molecule has 0 aliphatic rings.